The molecule has 0 bridgehead atoms. The minimum Gasteiger partial charge on any atom is -0.328 e. The van der Waals surface area contributed by atoms with E-state index < -0.39 is 0 Å². The topological polar surface area (TPSA) is 34.0 Å². The molecule has 3 rings (SSSR count). The molecule has 0 amide bonds. The third-order valence-corrected chi connectivity index (χ3v) is 4.51. The molecule has 0 N–H and O–H groups in total. The maximum absolute atomic E-state index is 4.57. The van der Waals surface area contributed by atoms with Gasteiger partial charge in [0.25, 0.3) is 0 Å². The maximum atomic E-state index is 4.57. The lowest BCUT2D eigenvalue weighted by molar-refractivity contribution is 0.168. The van der Waals surface area contributed by atoms with E-state index >= 15 is 0 Å². The highest BCUT2D eigenvalue weighted by molar-refractivity contribution is 5.49. The smallest absolute Gasteiger partial charge is 0.158 e. The molecular weight excluding hydrogens is 260 g/mol. The van der Waals surface area contributed by atoms with Gasteiger partial charge in [0.15, 0.2) is 5.82 Å². The van der Waals surface area contributed by atoms with Gasteiger partial charge < -0.3 is 9.47 Å². The number of hydrogen-bond acceptors (Lipinski definition) is 3. The van der Waals surface area contributed by atoms with Crippen LogP contribution in [0.3, 0.4) is 0 Å². The van der Waals surface area contributed by atoms with E-state index in [0.29, 0.717) is 6.04 Å². The summed E-state index contributed by atoms with van der Waals surface area (Å²) in [6, 6.07) is 4.85. The second-order valence-electron chi connectivity index (χ2n) is 5.94. The highest BCUT2D eigenvalue weighted by Crippen LogP contribution is 2.20. The Labute approximate surface area is 126 Å². The largest absolute Gasteiger partial charge is 0.328 e. The van der Waals surface area contributed by atoms with Crippen LogP contribution in [0, 0.1) is 0 Å². The molecule has 3 heterocycles. The van der Waals surface area contributed by atoms with Crippen LogP contribution in [0.5, 0.6) is 0 Å². The summed E-state index contributed by atoms with van der Waals surface area (Å²) in [6.45, 7) is 4.36. The molecule has 112 valence electrons. The standard InChI is InChI=1S/C17H24N4/c1-3-14-7-8-16(19-12-14)17-18-9-11-21(17)13-15-6-4-5-10-20(15)2/h7-9,11-12,15H,3-6,10,13H2,1-2H3. The van der Waals surface area contributed by atoms with Crippen LogP contribution in [0.4, 0.5) is 0 Å². The molecule has 0 radical (unpaired) electrons. The van der Waals surface area contributed by atoms with Crippen LogP contribution >= 0.6 is 0 Å². The van der Waals surface area contributed by atoms with Gasteiger partial charge in [0, 0.05) is 31.2 Å². The molecule has 1 aliphatic rings. The van der Waals surface area contributed by atoms with Gasteiger partial charge in [-0.2, -0.15) is 0 Å². The van der Waals surface area contributed by atoms with Gasteiger partial charge in [0.05, 0.1) is 0 Å². The summed E-state index contributed by atoms with van der Waals surface area (Å²) < 4.78 is 2.25. The zero-order chi connectivity index (χ0) is 14.7. The number of nitrogens with zero attached hydrogens (tertiary/aromatic N) is 4. The van der Waals surface area contributed by atoms with Crippen LogP contribution in [-0.2, 0) is 13.0 Å². The number of aryl methyl sites for hydroxylation is 1. The predicted octanol–water partition coefficient (Wildman–Crippen LogP) is 2.99. The highest BCUT2D eigenvalue weighted by atomic mass is 15.2. The second-order valence-corrected chi connectivity index (χ2v) is 5.94. The summed E-state index contributed by atoms with van der Waals surface area (Å²) in [5.41, 5.74) is 2.24. The van der Waals surface area contributed by atoms with Gasteiger partial charge in [-0.05, 0) is 44.5 Å². The number of pyridine rings is 1. The van der Waals surface area contributed by atoms with E-state index in [4.69, 9.17) is 0 Å². The normalized spacial score (nSPS) is 19.8. The number of rotatable bonds is 4. The molecule has 1 aliphatic heterocycles. The number of aromatic nitrogens is 3. The Morgan fingerprint density at radius 2 is 2.14 bits per heavy atom. The van der Waals surface area contributed by atoms with Gasteiger partial charge in [-0.3, -0.25) is 4.98 Å². The van der Waals surface area contributed by atoms with E-state index in [1.54, 1.807) is 0 Å². The van der Waals surface area contributed by atoms with Gasteiger partial charge >= 0.3 is 0 Å². The summed E-state index contributed by atoms with van der Waals surface area (Å²) >= 11 is 0. The number of imidazole rings is 1. The van der Waals surface area contributed by atoms with Crippen molar-refractivity contribution in [1.82, 2.24) is 19.4 Å². The molecule has 1 saturated heterocycles. The Kier molecular flexibility index (Phi) is 4.34. The first-order valence-corrected chi connectivity index (χ1v) is 7.94. The van der Waals surface area contributed by atoms with Crippen LogP contribution in [0.2, 0.25) is 0 Å². The quantitative estimate of drug-likeness (QED) is 0.865. The molecule has 21 heavy (non-hydrogen) atoms. The predicted molar refractivity (Wildman–Crippen MR) is 85.1 cm³/mol. The number of hydrogen-bond donors (Lipinski definition) is 0. The van der Waals surface area contributed by atoms with E-state index in [1.807, 2.05) is 12.4 Å². The SMILES string of the molecule is CCc1ccc(-c2nccn2CC2CCCCN2C)nc1. The molecule has 4 heteroatoms. The van der Waals surface area contributed by atoms with Crippen molar-refractivity contribution < 1.29 is 0 Å². The van der Waals surface area contributed by atoms with E-state index in [-0.39, 0.29) is 0 Å². The average Bonchev–Trinajstić information content (AvgIpc) is 2.98. The Morgan fingerprint density at radius 1 is 1.24 bits per heavy atom. The monoisotopic (exact) mass is 284 g/mol. The fourth-order valence-electron chi connectivity index (χ4n) is 3.06. The molecule has 4 nitrogen and oxygen atoms in total. The lowest BCUT2D eigenvalue weighted by atomic mass is 10.0. The first-order chi connectivity index (χ1) is 10.3. The van der Waals surface area contributed by atoms with E-state index in [2.05, 4.69) is 51.7 Å². The van der Waals surface area contributed by atoms with Gasteiger partial charge in [-0.15, -0.1) is 0 Å². The zero-order valence-electron chi connectivity index (χ0n) is 13.0. The van der Waals surface area contributed by atoms with Gasteiger partial charge in [0.1, 0.15) is 5.69 Å². The van der Waals surface area contributed by atoms with Crippen LogP contribution in [0.25, 0.3) is 11.5 Å². The first-order valence-electron chi connectivity index (χ1n) is 7.94. The van der Waals surface area contributed by atoms with E-state index in [1.165, 1.54) is 31.4 Å². The zero-order valence-corrected chi connectivity index (χ0v) is 13.0. The Bertz CT molecular complexity index is 573. The minimum atomic E-state index is 0.613. The van der Waals surface area contributed by atoms with Crippen molar-refractivity contribution in [3.8, 4) is 11.5 Å². The summed E-state index contributed by atoms with van der Waals surface area (Å²) in [4.78, 5) is 11.6. The summed E-state index contributed by atoms with van der Waals surface area (Å²) in [6.07, 6.45) is 10.9. The van der Waals surface area contributed by atoms with E-state index in [0.717, 1.165) is 24.5 Å². The molecule has 2 aromatic rings. The molecule has 1 atom stereocenters. The lowest BCUT2D eigenvalue weighted by Crippen LogP contribution is -2.39. The fraction of sp³-hybridized carbons (Fsp3) is 0.529. The third-order valence-electron chi connectivity index (χ3n) is 4.51. The maximum Gasteiger partial charge on any atom is 0.158 e. The van der Waals surface area contributed by atoms with Crippen molar-refractivity contribution in [2.75, 3.05) is 13.6 Å². The van der Waals surface area contributed by atoms with Crippen molar-refractivity contribution in [2.45, 2.75) is 45.2 Å². The van der Waals surface area contributed by atoms with Crippen LogP contribution in [0.15, 0.2) is 30.7 Å². The minimum absolute atomic E-state index is 0.613. The number of piperidine rings is 1. The van der Waals surface area contributed by atoms with Gasteiger partial charge in [-0.25, -0.2) is 4.98 Å². The molecule has 0 spiro atoms. The van der Waals surface area contributed by atoms with Crippen molar-refractivity contribution in [2.24, 2.45) is 0 Å². The third kappa shape index (κ3) is 3.16. The second kappa shape index (κ2) is 6.39. The molecule has 2 aromatic heterocycles. The van der Waals surface area contributed by atoms with E-state index in [9.17, 15) is 0 Å². The molecular formula is C17H24N4. The Balaban J connectivity index is 1.79. The summed E-state index contributed by atoms with van der Waals surface area (Å²) in [5.74, 6) is 0.983. The molecule has 1 fully saturated rings. The van der Waals surface area contributed by atoms with Crippen molar-refractivity contribution in [3.63, 3.8) is 0 Å². The Hall–Kier alpha value is -1.68. The molecule has 0 saturated carbocycles. The number of likely N-dealkylation sites (tertiary alicyclic amines) is 1. The molecule has 1 unspecified atom stereocenters. The van der Waals surface area contributed by atoms with Gasteiger partial charge in [-0.1, -0.05) is 19.4 Å². The van der Waals surface area contributed by atoms with Crippen molar-refractivity contribution in [1.29, 1.82) is 0 Å². The van der Waals surface area contributed by atoms with Crippen LogP contribution < -0.4 is 0 Å². The van der Waals surface area contributed by atoms with Crippen LogP contribution in [-0.4, -0.2) is 39.1 Å². The van der Waals surface area contributed by atoms with Crippen LogP contribution in [0.1, 0.15) is 31.7 Å². The fourth-order valence-corrected chi connectivity index (χ4v) is 3.06. The number of likely N-dealkylation sites (N-methyl/N-ethyl adjacent to an activating group) is 1. The summed E-state index contributed by atoms with van der Waals surface area (Å²) in [7, 11) is 2.23. The summed E-state index contributed by atoms with van der Waals surface area (Å²) in [5, 5.41) is 0. The van der Waals surface area contributed by atoms with Crippen molar-refractivity contribution >= 4 is 0 Å². The average molecular weight is 284 g/mol. The first kappa shape index (κ1) is 14.3. The Morgan fingerprint density at radius 3 is 2.86 bits per heavy atom. The molecule has 0 aliphatic carbocycles. The lowest BCUT2D eigenvalue weighted by Gasteiger charge is -2.32. The highest BCUT2D eigenvalue weighted by Gasteiger charge is 2.20. The van der Waals surface area contributed by atoms with Crippen molar-refractivity contribution in [3.05, 3.63) is 36.3 Å². The van der Waals surface area contributed by atoms with Gasteiger partial charge in [0.2, 0.25) is 0 Å². The molecule has 0 aromatic carbocycles.